The molecule has 19 heavy (non-hydrogen) atoms. The van der Waals surface area contributed by atoms with Crippen LogP contribution in [-0.4, -0.2) is 27.4 Å². The van der Waals surface area contributed by atoms with Gasteiger partial charge in [0, 0.05) is 0 Å². The predicted molar refractivity (Wildman–Crippen MR) is 72.9 cm³/mol. The molecule has 0 aliphatic carbocycles. The van der Waals surface area contributed by atoms with Gasteiger partial charge in [0.05, 0.1) is 17.0 Å². The van der Waals surface area contributed by atoms with E-state index in [1.807, 2.05) is 0 Å². The molecule has 0 heterocycles. The third-order valence-corrected chi connectivity index (χ3v) is 4.12. The standard InChI is InChI=1S/C12H19N3O3S/c1-8(13)12(16)15-9(2)10-5-4-6-11(7-10)19(17,18)14-3/h4-9,14H,13H2,1-3H3,(H,15,16)/t8-,9?/m1/s1. The summed E-state index contributed by atoms with van der Waals surface area (Å²) < 4.78 is 25.6. The van der Waals surface area contributed by atoms with E-state index in [2.05, 4.69) is 10.0 Å². The molecule has 0 fully saturated rings. The van der Waals surface area contributed by atoms with Gasteiger partial charge in [0.2, 0.25) is 15.9 Å². The molecule has 106 valence electrons. The summed E-state index contributed by atoms with van der Waals surface area (Å²) in [5.41, 5.74) is 6.16. The smallest absolute Gasteiger partial charge is 0.240 e. The number of benzene rings is 1. The molecule has 1 unspecified atom stereocenters. The number of nitrogens with two attached hydrogens (primary N) is 1. The summed E-state index contributed by atoms with van der Waals surface area (Å²) in [4.78, 5) is 11.7. The van der Waals surface area contributed by atoms with E-state index in [4.69, 9.17) is 5.73 Å². The van der Waals surface area contributed by atoms with Crippen LogP contribution in [0.15, 0.2) is 29.2 Å². The number of hydrogen-bond acceptors (Lipinski definition) is 4. The van der Waals surface area contributed by atoms with Crippen LogP contribution < -0.4 is 15.8 Å². The van der Waals surface area contributed by atoms with Crippen LogP contribution in [0.5, 0.6) is 0 Å². The minimum absolute atomic E-state index is 0.161. The van der Waals surface area contributed by atoms with Crippen LogP contribution >= 0.6 is 0 Å². The summed E-state index contributed by atoms with van der Waals surface area (Å²) in [6, 6.07) is 5.49. The predicted octanol–water partition coefficient (Wildman–Crippen LogP) is 0.119. The Morgan fingerprint density at radius 1 is 1.32 bits per heavy atom. The summed E-state index contributed by atoms with van der Waals surface area (Å²) in [7, 11) is -2.14. The monoisotopic (exact) mass is 285 g/mol. The molecule has 4 N–H and O–H groups in total. The van der Waals surface area contributed by atoms with Crippen molar-refractivity contribution in [3.63, 3.8) is 0 Å². The molecule has 6 nitrogen and oxygen atoms in total. The van der Waals surface area contributed by atoms with Gasteiger partial charge >= 0.3 is 0 Å². The zero-order valence-corrected chi connectivity index (χ0v) is 12.0. The normalized spacial score (nSPS) is 14.7. The van der Waals surface area contributed by atoms with Crippen LogP contribution in [-0.2, 0) is 14.8 Å². The van der Waals surface area contributed by atoms with Gasteiger partial charge in [-0.3, -0.25) is 4.79 Å². The minimum atomic E-state index is -3.49. The maximum Gasteiger partial charge on any atom is 0.240 e. The molecule has 1 aromatic rings. The highest BCUT2D eigenvalue weighted by atomic mass is 32.2. The van der Waals surface area contributed by atoms with E-state index in [-0.39, 0.29) is 16.8 Å². The number of sulfonamides is 1. The summed E-state index contributed by atoms with van der Waals surface area (Å²) in [5.74, 6) is -0.283. The maximum atomic E-state index is 11.7. The summed E-state index contributed by atoms with van der Waals surface area (Å²) in [6.45, 7) is 3.36. The van der Waals surface area contributed by atoms with Gasteiger partial charge in [-0.1, -0.05) is 12.1 Å². The van der Waals surface area contributed by atoms with Gasteiger partial charge in [-0.05, 0) is 38.6 Å². The number of rotatable bonds is 5. The molecular weight excluding hydrogens is 266 g/mol. The van der Waals surface area contributed by atoms with E-state index in [9.17, 15) is 13.2 Å². The van der Waals surface area contributed by atoms with Crippen LogP contribution in [0.3, 0.4) is 0 Å². The van der Waals surface area contributed by atoms with Gasteiger partial charge in [-0.25, -0.2) is 13.1 Å². The summed E-state index contributed by atoms with van der Waals surface area (Å²) in [5, 5.41) is 2.71. The third kappa shape index (κ3) is 4.02. The second-order valence-corrected chi connectivity index (χ2v) is 6.19. The number of nitrogens with one attached hydrogen (secondary N) is 2. The number of carbonyl (C=O) groups excluding carboxylic acids is 1. The maximum absolute atomic E-state index is 11.7. The fourth-order valence-electron chi connectivity index (χ4n) is 1.50. The van der Waals surface area contributed by atoms with Crippen molar-refractivity contribution in [3.05, 3.63) is 29.8 Å². The first kappa shape index (κ1) is 15.6. The first-order valence-corrected chi connectivity index (χ1v) is 7.35. The molecule has 0 aliphatic heterocycles. The molecule has 0 aliphatic rings. The van der Waals surface area contributed by atoms with E-state index in [1.165, 1.54) is 19.2 Å². The van der Waals surface area contributed by atoms with E-state index in [0.29, 0.717) is 5.56 Å². The largest absolute Gasteiger partial charge is 0.348 e. The van der Waals surface area contributed by atoms with Crippen molar-refractivity contribution < 1.29 is 13.2 Å². The van der Waals surface area contributed by atoms with Crippen LogP contribution in [0.4, 0.5) is 0 Å². The van der Waals surface area contributed by atoms with Crippen molar-refractivity contribution in [2.75, 3.05) is 7.05 Å². The molecule has 0 bridgehead atoms. The van der Waals surface area contributed by atoms with Crippen molar-refractivity contribution in [2.45, 2.75) is 30.8 Å². The van der Waals surface area contributed by atoms with Gasteiger partial charge in [-0.15, -0.1) is 0 Å². The van der Waals surface area contributed by atoms with Gasteiger partial charge in [-0.2, -0.15) is 0 Å². The zero-order chi connectivity index (χ0) is 14.6. The van der Waals surface area contributed by atoms with Crippen LogP contribution in [0.2, 0.25) is 0 Å². The van der Waals surface area contributed by atoms with Crippen molar-refractivity contribution >= 4 is 15.9 Å². The highest BCUT2D eigenvalue weighted by molar-refractivity contribution is 7.89. The average Bonchev–Trinajstić information content (AvgIpc) is 2.38. The van der Waals surface area contributed by atoms with E-state index >= 15 is 0 Å². The zero-order valence-electron chi connectivity index (χ0n) is 11.2. The minimum Gasteiger partial charge on any atom is -0.348 e. The Hall–Kier alpha value is -1.44. The fraction of sp³-hybridized carbons (Fsp3) is 0.417. The fourth-order valence-corrected chi connectivity index (χ4v) is 2.28. The molecule has 1 aromatic carbocycles. The quantitative estimate of drug-likeness (QED) is 0.715. The highest BCUT2D eigenvalue weighted by Crippen LogP contribution is 2.17. The van der Waals surface area contributed by atoms with Gasteiger partial charge in [0.25, 0.3) is 0 Å². The van der Waals surface area contributed by atoms with Crippen molar-refractivity contribution in [2.24, 2.45) is 5.73 Å². The van der Waals surface area contributed by atoms with Crippen LogP contribution in [0.25, 0.3) is 0 Å². The van der Waals surface area contributed by atoms with Crippen LogP contribution in [0.1, 0.15) is 25.5 Å². The lowest BCUT2D eigenvalue weighted by atomic mass is 10.1. The number of amides is 1. The number of carbonyl (C=O) groups is 1. The van der Waals surface area contributed by atoms with Crippen molar-refractivity contribution in [3.8, 4) is 0 Å². The molecular formula is C12H19N3O3S. The highest BCUT2D eigenvalue weighted by Gasteiger charge is 2.16. The molecule has 0 saturated heterocycles. The molecule has 1 amide bonds. The van der Waals surface area contributed by atoms with Crippen LogP contribution in [0, 0.1) is 0 Å². The Kier molecular flexibility index (Phi) is 5.04. The lowest BCUT2D eigenvalue weighted by Crippen LogP contribution is -2.39. The van der Waals surface area contributed by atoms with Gasteiger partial charge in [0.1, 0.15) is 0 Å². The van der Waals surface area contributed by atoms with Crippen molar-refractivity contribution in [1.29, 1.82) is 0 Å². The van der Waals surface area contributed by atoms with Gasteiger partial charge in [0.15, 0.2) is 0 Å². The molecule has 0 aromatic heterocycles. The average molecular weight is 285 g/mol. The Morgan fingerprint density at radius 2 is 1.95 bits per heavy atom. The summed E-state index contributed by atoms with van der Waals surface area (Å²) >= 11 is 0. The van der Waals surface area contributed by atoms with Crippen molar-refractivity contribution in [1.82, 2.24) is 10.0 Å². The Morgan fingerprint density at radius 3 is 2.47 bits per heavy atom. The molecule has 0 saturated carbocycles. The first-order valence-electron chi connectivity index (χ1n) is 5.87. The molecule has 7 heteroatoms. The SMILES string of the molecule is CNS(=O)(=O)c1cccc(C(C)NC(=O)[C@@H](C)N)c1. The molecule has 0 spiro atoms. The van der Waals surface area contributed by atoms with E-state index in [1.54, 1.807) is 26.0 Å². The lowest BCUT2D eigenvalue weighted by Gasteiger charge is -2.16. The second-order valence-electron chi connectivity index (χ2n) is 4.30. The topological polar surface area (TPSA) is 101 Å². The number of hydrogen-bond donors (Lipinski definition) is 3. The Bertz CT molecular complexity index is 555. The lowest BCUT2D eigenvalue weighted by molar-refractivity contribution is -0.122. The van der Waals surface area contributed by atoms with E-state index < -0.39 is 16.1 Å². The molecule has 0 radical (unpaired) electrons. The third-order valence-electron chi connectivity index (χ3n) is 2.71. The Balaban J connectivity index is 2.97. The van der Waals surface area contributed by atoms with Gasteiger partial charge < -0.3 is 11.1 Å². The summed E-state index contributed by atoms with van der Waals surface area (Å²) in [6.07, 6.45) is 0. The van der Waals surface area contributed by atoms with E-state index in [0.717, 1.165) is 0 Å². The second kappa shape index (κ2) is 6.14. The molecule has 1 rings (SSSR count). The molecule has 2 atom stereocenters. The Labute approximate surface area is 113 Å². The first-order chi connectivity index (χ1) is 8.77.